The molecule has 0 bridgehead atoms. The van der Waals surface area contributed by atoms with E-state index in [9.17, 15) is 9.59 Å². The van der Waals surface area contributed by atoms with Gasteiger partial charge in [-0.3, -0.25) is 10.1 Å². The van der Waals surface area contributed by atoms with Gasteiger partial charge in [0.2, 0.25) is 0 Å². The lowest BCUT2D eigenvalue weighted by molar-refractivity contribution is -0.121. The van der Waals surface area contributed by atoms with Crippen molar-refractivity contribution in [3.63, 3.8) is 0 Å². The molecule has 6 heteroatoms. The van der Waals surface area contributed by atoms with Gasteiger partial charge >= 0.3 is 6.03 Å². The summed E-state index contributed by atoms with van der Waals surface area (Å²) in [6.45, 7) is 0.800. The highest BCUT2D eigenvalue weighted by Crippen LogP contribution is 2.29. The number of nitrogens with one attached hydrogen (secondary N) is 2. The zero-order valence-electron chi connectivity index (χ0n) is 22.0. The Balaban J connectivity index is 1.20. The van der Waals surface area contributed by atoms with E-state index in [1.807, 2.05) is 24.3 Å². The lowest BCUT2D eigenvalue weighted by atomic mass is 9.86. The Bertz CT molecular complexity index is 802. The molecule has 200 valence electrons. The predicted octanol–water partition coefficient (Wildman–Crippen LogP) is 6.91. The number of carbonyl (C=O) groups is 2. The molecule has 4 rings (SSSR count). The highest BCUT2D eigenvalue weighted by molar-refractivity contribution is 6.04. The highest BCUT2D eigenvalue weighted by atomic mass is 16.5. The SMILES string of the molecule is O=C1NC(=O)C(C2CCCCCC(Oc3ccc(OCCC4CCCCCCCC4)cc3)CCC2)N1. The summed E-state index contributed by atoms with van der Waals surface area (Å²) in [7, 11) is 0. The van der Waals surface area contributed by atoms with Crippen LogP contribution in [0.1, 0.15) is 109 Å². The van der Waals surface area contributed by atoms with E-state index in [2.05, 4.69) is 10.6 Å². The average molecular weight is 499 g/mol. The molecule has 1 heterocycles. The summed E-state index contributed by atoms with van der Waals surface area (Å²) in [6, 6.07) is 7.42. The number of benzene rings is 1. The van der Waals surface area contributed by atoms with Gasteiger partial charge in [0.1, 0.15) is 17.5 Å². The third kappa shape index (κ3) is 8.70. The van der Waals surface area contributed by atoms with Crippen LogP contribution >= 0.6 is 0 Å². The van der Waals surface area contributed by atoms with Crippen LogP contribution in [0.2, 0.25) is 0 Å². The second kappa shape index (κ2) is 14.5. The number of hydrogen-bond donors (Lipinski definition) is 2. The maximum Gasteiger partial charge on any atom is 0.322 e. The molecule has 3 amide bonds. The zero-order chi connectivity index (χ0) is 25.0. The van der Waals surface area contributed by atoms with Crippen LogP contribution < -0.4 is 20.1 Å². The lowest BCUT2D eigenvalue weighted by Crippen LogP contribution is -2.37. The molecule has 6 nitrogen and oxygen atoms in total. The van der Waals surface area contributed by atoms with Gasteiger partial charge in [0, 0.05) is 0 Å². The molecule has 1 aliphatic heterocycles. The minimum atomic E-state index is -0.375. The molecule has 2 saturated carbocycles. The summed E-state index contributed by atoms with van der Waals surface area (Å²) in [5, 5.41) is 5.20. The van der Waals surface area contributed by atoms with Crippen molar-refractivity contribution in [2.75, 3.05) is 6.61 Å². The quantitative estimate of drug-likeness (QED) is 0.400. The van der Waals surface area contributed by atoms with Gasteiger partial charge < -0.3 is 14.8 Å². The molecule has 3 unspecified atom stereocenters. The first kappa shape index (κ1) is 26.8. The molecule has 3 atom stereocenters. The molecule has 0 radical (unpaired) electrons. The predicted molar refractivity (Wildman–Crippen MR) is 142 cm³/mol. The standard InChI is InChI=1S/C30H46N2O4/c33-29-28(31-30(34)32-29)24-13-8-5-9-15-26(16-10-14-24)36-27-19-17-25(18-20-27)35-22-21-23-11-6-3-1-2-4-7-12-23/h17-20,23-24,26,28H,1-16,21-22H2,(H2,31,32,33,34). The second-order valence-electron chi connectivity index (χ2n) is 11.2. The van der Waals surface area contributed by atoms with Gasteiger partial charge in [-0.2, -0.15) is 0 Å². The van der Waals surface area contributed by atoms with Gasteiger partial charge in [0.05, 0.1) is 12.7 Å². The van der Waals surface area contributed by atoms with E-state index in [0.29, 0.717) is 0 Å². The Kier molecular flexibility index (Phi) is 10.8. The molecule has 2 N–H and O–H groups in total. The van der Waals surface area contributed by atoms with Crippen molar-refractivity contribution >= 4 is 11.9 Å². The van der Waals surface area contributed by atoms with Crippen molar-refractivity contribution in [2.24, 2.45) is 11.8 Å². The molecular formula is C30H46N2O4. The van der Waals surface area contributed by atoms with Crippen molar-refractivity contribution in [3.8, 4) is 11.5 Å². The van der Waals surface area contributed by atoms with E-state index in [4.69, 9.17) is 9.47 Å². The number of imide groups is 1. The normalized spacial score (nSPS) is 27.2. The fourth-order valence-electron chi connectivity index (χ4n) is 6.22. The summed E-state index contributed by atoms with van der Waals surface area (Å²) in [4.78, 5) is 23.7. The van der Waals surface area contributed by atoms with Gasteiger partial charge in [-0.15, -0.1) is 0 Å². The number of carbonyl (C=O) groups excluding carboxylic acids is 2. The molecule has 0 spiro atoms. The van der Waals surface area contributed by atoms with Crippen LogP contribution in [0.4, 0.5) is 4.79 Å². The smallest absolute Gasteiger partial charge is 0.322 e. The number of hydrogen-bond acceptors (Lipinski definition) is 4. The number of urea groups is 1. The van der Waals surface area contributed by atoms with Crippen LogP contribution in [-0.2, 0) is 4.79 Å². The molecule has 1 aromatic carbocycles. The highest BCUT2D eigenvalue weighted by Gasteiger charge is 2.35. The van der Waals surface area contributed by atoms with Crippen LogP contribution in [0.15, 0.2) is 24.3 Å². The van der Waals surface area contributed by atoms with Crippen LogP contribution in [0.5, 0.6) is 11.5 Å². The van der Waals surface area contributed by atoms with Gasteiger partial charge in [0.25, 0.3) is 5.91 Å². The average Bonchev–Trinajstić information content (AvgIpc) is 3.28. The van der Waals surface area contributed by atoms with Crippen molar-refractivity contribution in [1.29, 1.82) is 0 Å². The van der Waals surface area contributed by atoms with E-state index in [0.717, 1.165) is 81.8 Å². The van der Waals surface area contributed by atoms with Gasteiger partial charge in [-0.1, -0.05) is 64.2 Å². The largest absolute Gasteiger partial charge is 0.494 e. The molecule has 3 fully saturated rings. The second-order valence-corrected chi connectivity index (χ2v) is 11.2. The molecular weight excluding hydrogens is 452 g/mol. The van der Waals surface area contributed by atoms with Crippen LogP contribution in [0.25, 0.3) is 0 Å². The topological polar surface area (TPSA) is 76.7 Å². The fourth-order valence-corrected chi connectivity index (χ4v) is 6.22. The molecule has 0 aromatic heterocycles. The minimum Gasteiger partial charge on any atom is -0.494 e. The monoisotopic (exact) mass is 498 g/mol. The Morgan fingerprint density at radius 3 is 2.00 bits per heavy atom. The van der Waals surface area contributed by atoms with Crippen LogP contribution in [0, 0.1) is 11.8 Å². The Morgan fingerprint density at radius 1 is 0.694 bits per heavy atom. The third-order valence-corrected chi connectivity index (χ3v) is 8.38. The summed E-state index contributed by atoms with van der Waals surface area (Å²) in [5.41, 5.74) is 0. The lowest BCUT2D eigenvalue weighted by Gasteiger charge is -2.25. The molecule has 1 saturated heterocycles. The summed E-state index contributed by atoms with van der Waals surface area (Å²) in [5.74, 6) is 2.68. The van der Waals surface area contributed by atoms with Gasteiger partial charge in [-0.05, 0) is 81.0 Å². The fraction of sp³-hybridized carbons (Fsp3) is 0.733. The minimum absolute atomic E-state index is 0.169. The van der Waals surface area contributed by atoms with E-state index in [-0.39, 0.29) is 30.0 Å². The number of rotatable bonds is 7. The molecule has 3 aliphatic rings. The van der Waals surface area contributed by atoms with E-state index >= 15 is 0 Å². The Labute approximate surface area is 217 Å². The van der Waals surface area contributed by atoms with Crippen LogP contribution in [0.3, 0.4) is 0 Å². The van der Waals surface area contributed by atoms with Gasteiger partial charge in [-0.25, -0.2) is 4.79 Å². The maximum atomic E-state index is 12.1. The summed E-state index contributed by atoms with van der Waals surface area (Å²) in [6.07, 6.45) is 20.8. The number of ether oxygens (including phenoxy) is 2. The van der Waals surface area contributed by atoms with Crippen molar-refractivity contribution in [1.82, 2.24) is 10.6 Å². The molecule has 36 heavy (non-hydrogen) atoms. The van der Waals surface area contributed by atoms with Crippen LogP contribution in [-0.4, -0.2) is 30.7 Å². The first-order valence-electron chi connectivity index (χ1n) is 14.7. The number of amides is 3. The van der Waals surface area contributed by atoms with Crippen molar-refractivity contribution in [2.45, 2.75) is 121 Å². The first-order chi connectivity index (χ1) is 17.7. The first-order valence-corrected chi connectivity index (χ1v) is 14.7. The summed E-state index contributed by atoms with van der Waals surface area (Å²) < 4.78 is 12.5. The van der Waals surface area contributed by atoms with E-state index in [1.54, 1.807) is 0 Å². The van der Waals surface area contributed by atoms with Gasteiger partial charge in [0.15, 0.2) is 0 Å². The molecule has 1 aromatic rings. The Hall–Kier alpha value is -2.24. The van der Waals surface area contributed by atoms with Crippen molar-refractivity contribution < 1.29 is 19.1 Å². The van der Waals surface area contributed by atoms with Crippen molar-refractivity contribution in [3.05, 3.63) is 24.3 Å². The van der Waals surface area contributed by atoms with E-state index in [1.165, 1.54) is 51.4 Å². The Morgan fingerprint density at radius 2 is 1.28 bits per heavy atom. The maximum absolute atomic E-state index is 12.1. The van der Waals surface area contributed by atoms with E-state index < -0.39 is 0 Å². The third-order valence-electron chi connectivity index (χ3n) is 8.38. The zero-order valence-corrected chi connectivity index (χ0v) is 22.0. The summed E-state index contributed by atoms with van der Waals surface area (Å²) >= 11 is 0. The molecule has 2 aliphatic carbocycles.